The van der Waals surface area contributed by atoms with Crippen molar-refractivity contribution >= 4 is 34.4 Å². The van der Waals surface area contributed by atoms with Crippen LogP contribution >= 0.6 is 11.8 Å². The van der Waals surface area contributed by atoms with Crippen LogP contribution in [0.3, 0.4) is 0 Å². The smallest absolute Gasteiger partial charge is 0.244 e. The molecule has 1 aromatic heterocycles. The fourth-order valence-electron chi connectivity index (χ4n) is 2.96. The van der Waals surface area contributed by atoms with Crippen molar-refractivity contribution < 1.29 is 4.79 Å². The summed E-state index contributed by atoms with van der Waals surface area (Å²) >= 11 is 1.67. The van der Waals surface area contributed by atoms with Crippen LogP contribution in [-0.4, -0.2) is 21.7 Å². The summed E-state index contributed by atoms with van der Waals surface area (Å²) in [5.74, 6) is 1.53. The summed E-state index contributed by atoms with van der Waals surface area (Å²) < 4.78 is 2.07. The minimum atomic E-state index is -0.0155. The zero-order valence-electron chi connectivity index (χ0n) is 13.5. The quantitative estimate of drug-likeness (QED) is 0.707. The third-order valence-corrected chi connectivity index (χ3v) is 5.01. The zero-order chi connectivity index (χ0) is 16.5. The van der Waals surface area contributed by atoms with E-state index in [-0.39, 0.29) is 5.91 Å². The molecule has 4 rings (SSSR count). The number of nitrogens with zero attached hydrogens (tertiary/aromatic N) is 2. The molecule has 3 aromatic rings. The lowest BCUT2D eigenvalue weighted by molar-refractivity contribution is -0.116. The highest BCUT2D eigenvalue weighted by Crippen LogP contribution is 2.40. The van der Waals surface area contributed by atoms with E-state index in [1.54, 1.807) is 11.8 Å². The second-order valence-corrected chi connectivity index (χ2v) is 6.98. The number of fused-ring (bicyclic) bond motifs is 1. The van der Waals surface area contributed by atoms with Gasteiger partial charge in [-0.05, 0) is 49.4 Å². The van der Waals surface area contributed by atoms with Crippen molar-refractivity contribution in [2.24, 2.45) is 0 Å². The van der Waals surface area contributed by atoms with E-state index in [4.69, 9.17) is 4.98 Å². The molecule has 1 aliphatic carbocycles. The Morgan fingerprint density at radius 2 is 2.08 bits per heavy atom. The molecule has 24 heavy (non-hydrogen) atoms. The summed E-state index contributed by atoms with van der Waals surface area (Å²) in [7, 11) is 0. The van der Waals surface area contributed by atoms with Gasteiger partial charge in [-0.3, -0.25) is 4.79 Å². The summed E-state index contributed by atoms with van der Waals surface area (Å²) in [5, 5.41) is 3.01. The van der Waals surface area contributed by atoms with Crippen LogP contribution in [0.5, 0.6) is 0 Å². The van der Waals surface area contributed by atoms with Gasteiger partial charge in [-0.15, -0.1) is 11.8 Å². The minimum absolute atomic E-state index is 0.0155. The Hall–Kier alpha value is -2.27. The van der Waals surface area contributed by atoms with Gasteiger partial charge in [0.1, 0.15) is 12.4 Å². The van der Waals surface area contributed by atoms with E-state index in [0.717, 1.165) is 27.4 Å². The lowest BCUT2D eigenvalue weighted by Gasteiger charge is -2.10. The highest BCUT2D eigenvalue weighted by molar-refractivity contribution is 7.98. The molecule has 122 valence electrons. The Kier molecular flexibility index (Phi) is 4.02. The molecule has 1 N–H and O–H groups in total. The summed E-state index contributed by atoms with van der Waals surface area (Å²) in [6.45, 7) is 0.301. The Morgan fingerprint density at radius 1 is 1.25 bits per heavy atom. The molecule has 1 aliphatic rings. The number of imidazole rings is 1. The number of hydrogen-bond acceptors (Lipinski definition) is 3. The highest BCUT2D eigenvalue weighted by Gasteiger charge is 2.30. The number of anilines is 1. The van der Waals surface area contributed by atoms with Gasteiger partial charge in [-0.25, -0.2) is 4.98 Å². The number of amides is 1. The molecule has 1 heterocycles. The number of hydrogen-bond donors (Lipinski definition) is 1. The normalized spacial score (nSPS) is 14.0. The largest absolute Gasteiger partial charge is 0.324 e. The number of nitrogens with one attached hydrogen (secondary N) is 1. The van der Waals surface area contributed by atoms with E-state index in [1.807, 2.05) is 54.8 Å². The van der Waals surface area contributed by atoms with Crippen molar-refractivity contribution in [3.8, 4) is 0 Å². The van der Waals surface area contributed by atoms with Crippen LogP contribution in [0.25, 0.3) is 11.0 Å². The molecule has 2 aromatic carbocycles. The molecule has 0 bridgehead atoms. The van der Waals surface area contributed by atoms with Crippen LogP contribution < -0.4 is 5.32 Å². The number of rotatable bonds is 5. The standard InChI is InChI=1S/C19H19N3OS/c1-24-15-6-4-5-14(11-15)20-18(23)12-22-17-8-3-2-7-16(17)21-19(22)13-9-10-13/h2-8,11,13H,9-10,12H2,1H3,(H,20,23). The molecule has 0 spiro atoms. The van der Waals surface area contributed by atoms with Crippen molar-refractivity contribution in [2.75, 3.05) is 11.6 Å². The predicted octanol–water partition coefficient (Wildman–Crippen LogP) is 4.27. The lowest BCUT2D eigenvalue weighted by atomic mass is 10.3. The molecule has 1 amide bonds. The van der Waals surface area contributed by atoms with Gasteiger partial charge in [0.2, 0.25) is 5.91 Å². The fraction of sp³-hybridized carbons (Fsp3) is 0.263. The number of carbonyl (C=O) groups is 1. The summed E-state index contributed by atoms with van der Waals surface area (Å²) in [6, 6.07) is 16.0. The molecule has 4 nitrogen and oxygen atoms in total. The van der Waals surface area contributed by atoms with E-state index in [9.17, 15) is 4.79 Å². The van der Waals surface area contributed by atoms with E-state index in [2.05, 4.69) is 9.88 Å². The third-order valence-electron chi connectivity index (χ3n) is 4.28. The Balaban J connectivity index is 1.59. The predicted molar refractivity (Wildman–Crippen MR) is 98.6 cm³/mol. The van der Waals surface area contributed by atoms with Crippen molar-refractivity contribution in [3.05, 3.63) is 54.4 Å². The van der Waals surface area contributed by atoms with Crippen molar-refractivity contribution in [3.63, 3.8) is 0 Å². The first-order valence-corrected chi connectivity index (χ1v) is 9.36. The molecule has 5 heteroatoms. The minimum Gasteiger partial charge on any atom is -0.324 e. The molecule has 0 aliphatic heterocycles. The van der Waals surface area contributed by atoms with E-state index in [0.29, 0.717) is 12.5 Å². The Bertz CT molecular complexity index is 899. The van der Waals surface area contributed by atoms with Gasteiger partial charge in [-0.2, -0.15) is 0 Å². The lowest BCUT2D eigenvalue weighted by Crippen LogP contribution is -2.20. The Labute approximate surface area is 145 Å². The van der Waals surface area contributed by atoms with Gasteiger partial charge < -0.3 is 9.88 Å². The SMILES string of the molecule is CSc1cccc(NC(=O)Cn2c(C3CC3)nc3ccccc32)c1. The van der Waals surface area contributed by atoms with Crippen molar-refractivity contribution in [2.45, 2.75) is 30.2 Å². The number of para-hydroxylation sites is 2. The summed E-state index contributed by atoms with van der Waals surface area (Å²) in [6.07, 6.45) is 4.36. The van der Waals surface area contributed by atoms with Gasteiger partial charge in [0.15, 0.2) is 0 Å². The average molecular weight is 337 g/mol. The van der Waals surface area contributed by atoms with Gasteiger partial charge in [0.05, 0.1) is 11.0 Å². The van der Waals surface area contributed by atoms with Crippen LogP contribution in [0.15, 0.2) is 53.4 Å². The Morgan fingerprint density at radius 3 is 2.88 bits per heavy atom. The molecule has 0 radical (unpaired) electrons. The second kappa shape index (κ2) is 6.32. The third kappa shape index (κ3) is 3.04. The van der Waals surface area contributed by atoms with Crippen LogP contribution in [0.1, 0.15) is 24.6 Å². The van der Waals surface area contributed by atoms with Gasteiger partial charge in [0, 0.05) is 16.5 Å². The van der Waals surface area contributed by atoms with Crippen molar-refractivity contribution in [1.82, 2.24) is 9.55 Å². The maximum absolute atomic E-state index is 12.6. The first kappa shape index (κ1) is 15.3. The monoisotopic (exact) mass is 337 g/mol. The first-order chi connectivity index (χ1) is 11.7. The number of carbonyl (C=O) groups excluding carboxylic acids is 1. The number of aromatic nitrogens is 2. The first-order valence-electron chi connectivity index (χ1n) is 8.13. The summed E-state index contributed by atoms with van der Waals surface area (Å²) in [4.78, 5) is 18.4. The van der Waals surface area contributed by atoms with E-state index >= 15 is 0 Å². The van der Waals surface area contributed by atoms with Gasteiger partial charge >= 0.3 is 0 Å². The molecule has 0 unspecified atom stereocenters. The van der Waals surface area contributed by atoms with E-state index in [1.165, 1.54) is 12.8 Å². The average Bonchev–Trinajstić information content (AvgIpc) is 3.38. The van der Waals surface area contributed by atoms with Gasteiger partial charge in [-0.1, -0.05) is 18.2 Å². The maximum Gasteiger partial charge on any atom is 0.244 e. The molecule has 1 fully saturated rings. The topological polar surface area (TPSA) is 46.9 Å². The molecular weight excluding hydrogens is 318 g/mol. The van der Waals surface area contributed by atoms with E-state index < -0.39 is 0 Å². The molecular formula is C19H19N3OS. The maximum atomic E-state index is 12.6. The van der Waals surface area contributed by atoms with Gasteiger partial charge in [0.25, 0.3) is 0 Å². The van der Waals surface area contributed by atoms with Crippen LogP contribution in [0.4, 0.5) is 5.69 Å². The van der Waals surface area contributed by atoms with Crippen LogP contribution in [0, 0.1) is 0 Å². The van der Waals surface area contributed by atoms with Crippen molar-refractivity contribution in [1.29, 1.82) is 0 Å². The van der Waals surface area contributed by atoms with Crippen LogP contribution in [-0.2, 0) is 11.3 Å². The van der Waals surface area contributed by atoms with Crippen LogP contribution in [0.2, 0.25) is 0 Å². The molecule has 0 atom stereocenters. The number of thioether (sulfide) groups is 1. The number of benzene rings is 2. The fourth-order valence-corrected chi connectivity index (χ4v) is 3.42. The summed E-state index contributed by atoms with van der Waals surface area (Å²) in [5.41, 5.74) is 2.84. The second-order valence-electron chi connectivity index (χ2n) is 6.10. The zero-order valence-corrected chi connectivity index (χ0v) is 14.3. The molecule has 0 saturated heterocycles. The highest BCUT2D eigenvalue weighted by atomic mass is 32.2. The molecule has 1 saturated carbocycles.